The van der Waals surface area contributed by atoms with E-state index in [0.29, 0.717) is 10.7 Å². The van der Waals surface area contributed by atoms with Gasteiger partial charge in [0.25, 0.3) is 0 Å². The van der Waals surface area contributed by atoms with Crippen molar-refractivity contribution in [2.24, 2.45) is 0 Å². The van der Waals surface area contributed by atoms with E-state index in [1.807, 2.05) is 13.0 Å². The monoisotopic (exact) mass is 324 g/mol. The van der Waals surface area contributed by atoms with Crippen LogP contribution >= 0.6 is 11.6 Å². The molecule has 0 aromatic heterocycles. The maximum atomic E-state index is 12.3. The van der Waals surface area contributed by atoms with Crippen LogP contribution in [0.4, 0.5) is 5.69 Å². The van der Waals surface area contributed by atoms with Gasteiger partial charge in [-0.1, -0.05) is 42.8 Å². The van der Waals surface area contributed by atoms with Gasteiger partial charge in [0, 0.05) is 17.3 Å². The highest BCUT2D eigenvalue weighted by Gasteiger charge is 2.15. The van der Waals surface area contributed by atoms with Crippen LogP contribution < -0.4 is 10.5 Å². The van der Waals surface area contributed by atoms with Crippen LogP contribution in [0.5, 0.6) is 0 Å². The van der Waals surface area contributed by atoms with Gasteiger partial charge in [-0.05, 0) is 35.7 Å². The summed E-state index contributed by atoms with van der Waals surface area (Å²) in [5, 5.41) is 0.529. The van der Waals surface area contributed by atoms with Gasteiger partial charge >= 0.3 is 0 Å². The van der Waals surface area contributed by atoms with Gasteiger partial charge in [-0.3, -0.25) is 0 Å². The Hall–Kier alpha value is -1.56. The molecule has 0 unspecified atom stereocenters. The maximum Gasteiger partial charge on any atom is 0.240 e. The molecule has 0 amide bonds. The van der Waals surface area contributed by atoms with E-state index in [0.717, 1.165) is 17.5 Å². The van der Waals surface area contributed by atoms with Gasteiger partial charge in [0.15, 0.2) is 0 Å². The second-order valence-corrected chi connectivity index (χ2v) is 6.80. The zero-order chi connectivity index (χ0) is 15.5. The van der Waals surface area contributed by atoms with Gasteiger partial charge in [0.2, 0.25) is 10.0 Å². The van der Waals surface area contributed by atoms with Gasteiger partial charge in [0.05, 0.1) is 4.90 Å². The van der Waals surface area contributed by atoms with E-state index in [1.165, 1.54) is 6.07 Å². The maximum absolute atomic E-state index is 12.3. The smallest absolute Gasteiger partial charge is 0.240 e. The van der Waals surface area contributed by atoms with Crippen LogP contribution in [-0.4, -0.2) is 8.42 Å². The molecule has 0 aliphatic rings. The van der Waals surface area contributed by atoms with Crippen molar-refractivity contribution in [2.75, 3.05) is 5.73 Å². The van der Waals surface area contributed by atoms with E-state index in [9.17, 15) is 8.42 Å². The number of nitrogen functional groups attached to an aromatic ring is 1. The number of hydrogen-bond donors (Lipinski definition) is 2. The zero-order valence-electron chi connectivity index (χ0n) is 11.6. The highest BCUT2D eigenvalue weighted by atomic mass is 35.5. The Bertz CT molecular complexity index is 745. The van der Waals surface area contributed by atoms with Crippen molar-refractivity contribution in [3.05, 3.63) is 58.6 Å². The lowest BCUT2D eigenvalue weighted by Crippen LogP contribution is -2.23. The Morgan fingerprint density at radius 2 is 1.86 bits per heavy atom. The number of nitrogens with one attached hydrogen (secondary N) is 1. The predicted molar refractivity (Wildman–Crippen MR) is 85.7 cm³/mol. The molecule has 2 aromatic carbocycles. The summed E-state index contributed by atoms with van der Waals surface area (Å²) in [7, 11) is -3.61. The van der Waals surface area contributed by atoms with Crippen molar-refractivity contribution in [1.29, 1.82) is 0 Å². The number of benzene rings is 2. The molecule has 0 saturated carbocycles. The fourth-order valence-corrected chi connectivity index (χ4v) is 3.20. The highest BCUT2D eigenvalue weighted by molar-refractivity contribution is 7.89. The number of rotatable bonds is 5. The minimum atomic E-state index is -3.61. The number of anilines is 1. The number of hydrogen-bond acceptors (Lipinski definition) is 3. The fourth-order valence-electron chi connectivity index (χ4n) is 1.96. The summed E-state index contributed by atoms with van der Waals surface area (Å²) in [6.07, 6.45) is 0.763. The Morgan fingerprint density at radius 3 is 2.48 bits per heavy atom. The third-order valence-corrected chi connectivity index (χ3v) is 4.99. The molecule has 0 bridgehead atoms. The van der Waals surface area contributed by atoms with Crippen LogP contribution in [0.25, 0.3) is 0 Å². The quantitative estimate of drug-likeness (QED) is 0.830. The van der Waals surface area contributed by atoms with Crippen molar-refractivity contribution < 1.29 is 8.42 Å². The van der Waals surface area contributed by atoms with E-state index in [2.05, 4.69) is 4.72 Å². The number of halogens is 1. The Labute approximate surface area is 130 Å². The molecule has 0 aliphatic carbocycles. The molecular formula is C15H17ClN2O2S. The second kappa shape index (κ2) is 6.47. The summed E-state index contributed by atoms with van der Waals surface area (Å²) in [6, 6.07) is 11.9. The largest absolute Gasteiger partial charge is 0.398 e. The highest BCUT2D eigenvalue weighted by Crippen LogP contribution is 2.20. The molecule has 0 heterocycles. The second-order valence-electron chi connectivity index (χ2n) is 4.63. The van der Waals surface area contributed by atoms with Crippen molar-refractivity contribution in [3.63, 3.8) is 0 Å². The van der Waals surface area contributed by atoms with Crippen molar-refractivity contribution in [2.45, 2.75) is 24.8 Å². The average molecular weight is 325 g/mol. The van der Waals surface area contributed by atoms with Gasteiger partial charge in [-0.2, -0.15) is 0 Å². The average Bonchev–Trinajstić information content (AvgIpc) is 2.46. The summed E-state index contributed by atoms with van der Waals surface area (Å²) < 4.78 is 27.0. The lowest BCUT2D eigenvalue weighted by molar-refractivity contribution is 0.581. The van der Waals surface area contributed by atoms with E-state index in [4.69, 9.17) is 17.3 Å². The van der Waals surface area contributed by atoms with Gasteiger partial charge in [0.1, 0.15) is 0 Å². The first kappa shape index (κ1) is 15.8. The third-order valence-electron chi connectivity index (χ3n) is 3.22. The van der Waals surface area contributed by atoms with Crippen molar-refractivity contribution >= 4 is 27.3 Å². The molecule has 112 valence electrons. The first-order valence-corrected chi connectivity index (χ1v) is 8.41. The fraction of sp³-hybridized carbons (Fsp3) is 0.200. The molecule has 0 radical (unpaired) electrons. The lowest BCUT2D eigenvalue weighted by atomic mass is 10.1. The third kappa shape index (κ3) is 3.75. The van der Waals surface area contributed by atoms with Gasteiger partial charge in [-0.15, -0.1) is 0 Å². The first-order chi connectivity index (χ1) is 9.94. The molecular weight excluding hydrogens is 308 g/mol. The van der Waals surface area contributed by atoms with E-state index in [-0.39, 0.29) is 11.4 Å². The summed E-state index contributed by atoms with van der Waals surface area (Å²) in [5.74, 6) is 0. The molecule has 0 spiro atoms. The molecule has 6 heteroatoms. The molecule has 0 aliphatic heterocycles. The lowest BCUT2D eigenvalue weighted by Gasteiger charge is -2.10. The van der Waals surface area contributed by atoms with Crippen LogP contribution in [0, 0.1) is 0 Å². The van der Waals surface area contributed by atoms with Crippen LogP contribution in [-0.2, 0) is 23.0 Å². The first-order valence-electron chi connectivity index (χ1n) is 6.55. The predicted octanol–water partition coefficient (Wildman–Crippen LogP) is 2.96. The van der Waals surface area contributed by atoms with Crippen LogP contribution in [0.1, 0.15) is 18.1 Å². The minimum absolute atomic E-state index is 0.136. The molecule has 3 N–H and O–H groups in total. The number of sulfonamides is 1. The van der Waals surface area contributed by atoms with Crippen LogP contribution in [0.15, 0.2) is 47.4 Å². The molecule has 0 atom stereocenters. The summed E-state index contributed by atoms with van der Waals surface area (Å²) in [4.78, 5) is 0.157. The summed E-state index contributed by atoms with van der Waals surface area (Å²) in [6.45, 7) is 2.10. The SMILES string of the molecule is CCc1ccc(S(=O)(=O)NCc2ccccc2Cl)cc1N. The number of nitrogens with two attached hydrogens (primary N) is 1. The zero-order valence-corrected chi connectivity index (χ0v) is 13.2. The van der Waals surface area contributed by atoms with E-state index in [1.54, 1.807) is 30.3 Å². The number of aryl methyl sites for hydroxylation is 1. The van der Waals surface area contributed by atoms with Gasteiger partial charge < -0.3 is 5.73 Å². The molecule has 2 rings (SSSR count). The minimum Gasteiger partial charge on any atom is -0.398 e. The summed E-state index contributed by atoms with van der Waals surface area (Å²) >= 11 is 6.01. The molecule has 0 saturated heterocycles. The van der Waals surface area contributed by atoms with Crippen LogP contribution in [0.2, 0.25) is 5.02 Å². The van der Waals surface area contributed by atoms with Crippen LogP contribution in [0.3, 0.4) is 0 Å². The topological polar surface area (TPSA) is 72.2 Å². The van der Waals surface area contributed by atoms with Gasteiger partial charge in [-0.25, -0.2) is 13.1 Å². The standard InChI is InChI=1S/C15H17ClN2O2S/c1-2-11-7-8-13(9-15(11)17)21(19,20)18-10-12-5-3-4-6-14(12)16/h3-9,18H,2,10,17H2,1H3. The molecule has 21 heavy (non-hydrogen) atoms. The van der Waals surface area contributed by atoms with Crippen molar-refractivity contribution in [1.82, 2.24) is 4.72 Å². The van der Waals surface area contributed by atoms with Crippen molar-refractivity contribution in [3.8, 4) is 0 Å². The molecule has 4 nitrogen and oxygen atoms in total. The molecule has 0 fully saturated rings. The van der Waals surface area contributed by atoms with E-state index >= 15 is 0 Å². The Kier molecular flexibility index (Phi) is 4.88. The normalized spacial score (nSPS) is 11.5. The Balaban J connectivity index is 2.19. The molecule has 2 aromatic rings. The Morgan fingerprint density at radius 1 is 1.14 bits per heavy atom. The van der Waals surface area contributed by atoms with E-state index < -0.39 is 10.0 Å². The summed E-state index contributed by atoms with van der Waals surface area (Å²) in [5.41, 5.74) is 7.98.